The fourth-order valence-corrected chi connectivity index (χ4v) is 3.20. The highest BCUT2D eigenvalue weighted by Crippen LogP contribution is 2.41. The molecule has 27 heavy (non-hydrogen) atoms. The highest BCUT2D eigenvalue weighted by Gasteiger charge is 2.34. The van der Waals surface area contributed by atoms with Crippen molar-refractivity contribution in [2.45, 2.75) is 26.4 Å². The first-order valence-corrected chi connectivity index (χ1v) is 9.17. The summed E-state index contributed by atoms with van der Waals surface area (Å²) in [6, 6.07) is 19.9. The second-order valence-corrected chi connectivity index (χ2v) is 7.29. The van der Waals surface area contributed by atoms with Gasteiger partial charge in [0.2, 0.25) is 12.6 Å². The summed E-state index contributed by atoms with van der Waals surface area (Å²) < 4.78 is 23.6. The largest absolute Gasteiger partial charge is 0.468 e. The van der Waals surface area contributed by atoms with E-state index < -0.39 is 0 Å². The zero-order valence-electron chi connectivity index (χ0n) is 15.6. The third-order valence-corrected chi connectivity index (χ3v) is 5.20. The van der Waals surface area contributed by atoms with Crippen LogP contribution in [-0.4, -0.2) is 13.2 Å². The summed E-state index contributed by atoms with van der Waals surface area (Å²) in [7, 11) is 0. The van der Waals surface area contributed by atoms with Gasteiger partial charge >= 0.3 is 0 Å². The van der Waals surface area contributed by atoms with Crippen LogP contribution in [-0.2, 0) is 18.9 Å². The van der Waals surface area contributed by atoms with E-state index in [2.05, 4.69) is 13.8 Å². The number of ether oxygens (including phenoxy) is 4. The van der Waals surface area contributed by atoms with Gasteiger partial charge in [0.25, 0.3) is 0 Å². The maximum absolute atomic E-state index is 5.94. The molecule has 2 aromatic rings. The number of hydrogen-bond donors (Lipinski definition) is 0. The molecule has 140 valence electrons. The zero-order valence-corrected chi connectivity index (χ0v) is 15.6. The van der Waals surface area contributed by atoms with E-state index in [-0.39, 0.29) is 18.0 Å². The molecule has 0 aliphatic carbocycles. The number of rotatable bonds is 4. The fourth-order valence-electron chi connectivity index (χ4n) is 3.20. The Morgan fingerprint density at radius 3 is 1.41 bits per heavy atom. The van der Waals surface area contributed by atoms with Crippen LogP contribution in [0.2, 0.25) is 0 Å². The smallest absolute Gasteiger partial charge is 0.226 e. The van der Waals surface area contributed by atoms with Crippen molar-refractivity contribution in [3.63, 3.8) is 0 Å². The normalized spacial score (nSPS) is 22.9. The molecule has 2 aliphatic heterocycles. The Kier molecular flexibility index (Phi) is 5.01. The van der Waals surface area contributed by atoms with Crippen LogP contribution in [0.5, 0.6) is 0 Å². The van der Waals surface area contributed by atoms with Gasteiger partial charge in [-0.1, -0.05) is 74.5 Å². The lowest BCUT2D eigenvalue weighted by Gasteiger charge is -2.36. The van der Waals surface area contributed by atoms with Crippen LogP contribution in [0.3, 0.4) is 0 Å². The highest BCUT2D eigenvalue weighted by molar-refractivity contribution is 5.29. The average molecular weight is 364 g/mol. The molecule has 2 aromatic carbocycles. The summed E-state index contributed by atoms with van der Waals surface area (Å²) in [5, 5.41) is 0. The molecule has 0 amide bonds. The third-order valence-electron chi connectivity index (χ3n) is 5.20. The first-order chi connectivity index (χ1) is 13.1. The quantitative estimate of drug-likeness (QED) is 0.740. The maximum Gasteiger partial charge on any atom is 0.226 e. The summed E-state index contributed by atoms with van der Waals surface area (Å²) >= 11 is 0. The van der Waals surface area contributed by atoms with Crippen molar-refractivity contribution >= 4 is 0 Å². The Morgan fingerprint density at radius 2 is 1.07 bits per heavy atom. The first-order valence-electron chi connectivity index (χ1n) is 9.17. The van der Waals surface area contributed by atoms with Crippen LogP contribution in [0.15, 0.2) is 84.3 Å². The maximum atomic E-state index is 5.94. The number of benzene rings is 2. The molecule has 0 bridgehead atoms. The minimum absolute atomic E-state index is 0.274. The molecule has 2 unspecified atom stereocenters. The van der Waals surface area contributed by atoms with Crippen LogP contribution in [0.1, 0.15) is 37.6 Å². The lowest BCUT2D eigenvalue weighted by atomic mass is 9.78. The van der Waals surface area contributed by atoms with Crippen molar-refractivity contribution in [1.82, 2.24) is 0 Å². The Morgan fingerprint density at radius 1 is 0.667 bits per heavy atom. The van der Waals surface area contributed by atoms with Crippen molar-refractivity contribution in [1.29, 1.82) is 0 Å². The summed E-state index contributed by atoms with van der Waals surface area (Å²) in [6.45, 7) is 5.28. The molecule has 4 nitrogen and oxygen atoms in total. The monoisotopic (exact) mass is 364 g/mol. The highest BCUT2D eigenvalue weighted by atomic mass is 16.7. The summed E-state index contributed by atoms with van der Waals surface area (Å²) in [5.74, 6) is 0. The fraction of sp³-hybridized carbons (Fsp3) is 0.304. The van der Waals surface area contributed by atoms with Crippen LogP contribution < -0.4 is 0 Å². The summed E-state index contributed by atoms with van der Waals surface area (Å²) in [4.78, 5) is 0. The van der Waals surface area contributed by atoms with E-state index in [1.165, 1.54) is 0 Å². The first kappa shape index (κ1) is 17.8. The topological polar surface area (TPSA) is 36.9 Å². The van der Waals surface area contributed by atoms with Gasteiger partial charge in [0.05, 0.1) is 25.7 Å². The van der Waals surface area contributed by atoms with Gasteiger partial charge in [-0.25, -0.2) is 0 Å². The van der Waals surface area contributed by atoms with Crippen molar-refractivity contribution in [3.8, 4) is 0 Å². The third kappa shape index (κ3) is 3.77. The van der Waals surface area contributed by atoms with Crippen LogP contribution in [0, 0.1) is 5.41 Å². The molecule has 0 N–H and O–H groups in total. The standard InChI is InChI=1S/C23H24O4/c1-23(2,19-13-24-21(25-14-19)17-9-5-3-6-10-17)20-15-26-22(27-16-20)18-11-7-4-8-12-18/h3-13,15,21-22H,14,16H2,1-2H3. The van der Waals surface area contributed by atoms with Gasteiger partial charge in [-0.05, 0) is 0 Å². The lowest BCUT2D eigenvalue weighted by molar-refractivity contribution is -0.131. The van der Waals surface area contributed by atoms with E-state index in [1.807, 2.05) is 73.2 Å². The predicted octanol–water partition coefficient (Wildman–Crippen LogP) is 5.27. The molecular formula is C23H24O4. The summed E-state index contributed by atoms with van der Waals surface area (Å²) in [6.07, 6.45) is 2.93. The number of hydrogen-bond acceptors (Lipinski definition) is 4. The van der Waals surface area contributed by atoms with E-state index in [4.69, 9.17) is 18.9 Å². The molecule has 2 heterocycles. The molecular weight excluding hydrogens is 340 g/mol. The van der Waals surface area contributed by atoms with Crippen molar-refractivity contribution < 1.29 is 18.9 Å². The van der Waals surface area contributed by atoms with Gasteiger partial charge in [-0.2, -0.15) is 0 Å². The Bertz CT molecular complexity index is 754. The second kappa shape index (κ2) is 7.59. The predicted molar refractivity (Wildman–Crippen MR) is 102 cm³/mol. The molecule has 0 saturated carbocycles. The molecule has 0 spiro atoms. The van der Waals surface area contributed by atoms with Gasteiger partial charge < -0.3 is 18.9 Å². The molecule has 0 radical (unpaired) electrons. The van der Waals surface area contributed by atoms with E-state index in [1.54, 1.807) is 0 Å². The van der Waals surface area contributed by atoms with Crippen molar-refractivity contribution in [2.24, 2.45) is 5.41 Å². The Labute approximate surface area is 160 Å². The van der Waals surface area contributed by atoms with Crippen LogP contribution in [0.25, 0.3) is 0 Å². The van der Waals surface area contributed by atoms with Crippen LogP contribution >= 0.6 is 0 Å². The van der Waals surface area contributed by atoms with Crippen LogP contribution in [0.4, 0.5) is 0 Å². The van der Waals surface area contributed by atoms with E-state index in [0.717, 1.165) is 22.3 Å². The van der Waals surface area contributed by atoms with Gasteiger partial charge in [-0.3, -0.25) is 0 Å². The van der Waals surface area contributed by atoms with Gasteiger partial charge in [-0.15, -0.1) is 0 Å². The van der Waals surface area contributed by atoms with Gasteiger partial charge in [0, 0.05) is 27.7 Å². The SMILES string of the molecule is CC(C)(C1=COC(c2ccccc2)OC1)C1=COC(c2ccccc2)OC1. The van der Waals surface area contributed by atoms with Gasteiger partial charge in [0.15, 0.2) is 0 Å². The minimum atomic E-state index is -0.360. The molecule has 4 rings (SSSR count). The van der Waals surface area contributed by atoms with E-state index in [9.17, 15) is 0 Å². The van der Waals surface area contributed by atoms with Crippen molar-refractivity contribution in [2.75, 3.05) is 13.2 Å². The molecule has 2 atom stereocenters. The zero-order chi connectivity index (χ0) is 18.7. The molecule has 0 saturated heterocycles. The molecule has 0 aromatic heterocycles. The van der Waals surface area contributed by atoms with E-state index in [0.29, 0.717) is 13.2 Å². The average Bonchev–Trinajstić information content (AvgIpc) is 2.75. The lowest BCUT2D eigenvalue weighted by Crippen LogP contribution is -2.30. The Balaban J connectivity index is 1.44. The van der Waals surface area contributed by atoms with Gasteiger partial charge in [0.1, 0.15) is 0 Å². The molecule has 0 fully saturated rings. The molecule has 4 heteroatoms. The summed E-state index contributed by atoms with van der Waals surface area (Å²) in [5.41, 5.74) is 3.88. The molecule has 2 aliphatic rings. The second-order valence-electron chi connectivity index (χ2n) is 7.29. The van der Waals surface area contributed by atoms with Crippen molar-refractivity contribution in [3.05, 3.63) is 95.5 Å². The minimum Gasteiger partial charge on any atom is -0.468 e. The van der Waals surface area contributed by atoms with E-state index >= 15 is 0 Å². The Hall–Kier alpha value is -2.56.